The fraction of sp³-hybridized carbons (Fsp3) is 0.167. The molecule has 3 nitrogen and oxygen atoms in total. The van der Waals surface area contributed by atoms with Gasteiger partial charge < -0.3 is 9.47 Å². The summed E-state index contributed by atoms with van der Waals surface area (Å²) in [5.41, 5.74) is 3.56. The molecule has 0 N–H and O–H groups in total. The van der Waals surface area contributed by atoms with E-state index in [1.165, 1.54) is 16.5 Å². The molecule has 0 saturated carbocycles. The Kier molecular flexibility index (Phi) is 2.96. The highest BCUT2D eigenvalue weighted by Crippen LogP contribution is 2.32. The van der Waals surface area contributed by atoms with E-state index in [1.807, 2.05) is 30.5 Å². The van der Waals surface area contributed by atoms with Gasteiger partial charge in [0.15, 0.2) is 11.5 Å². The molecule has 0 saturated heterocycles. The molecule has 21 heavy (non-hydrogen) atoms. The van der Waals surface area contributed by atoms with Crippen LogP contribution in [0.1, 0.15) is 11.1 Å². The van der Waals surface area contributed by atoms with E-state index in [0.717, 1.165) is 29.9 Å². The summed E-state index contributed by atoms with van der Waals surface area (Å²) in [6.45, 7) is 0.327. The molecule has 2 heterocycles. The second kappa shape index (κ2) is 5.09. The van der Waals surface area contributed by atoms with Crippen LogP contribution < -0.4 is 9.47 Å². The van der Waals surface area contributed by atoms with Crippen molar-refractivity contribution in [3.05, 3.63) is 65.9 Å². The summed E-state index contributed by atoms with van der Waals surface area (Å²) in [5, 5.41) is 1.20. The van der Waals surface area contributed by atoms with E-state index in [9.17, 15) is 0 Å². The van der Waals surface area contributed by atoms with Crippen molar-refractivity contribution in [3.63, 3.8) is 0 Å². The molecule has 1 aliphatic heterocycles. The Balaban J connectivity index is 1.52. The van der Waals surface area contributed by atoms with Gasteiger partial charge in [0.2, 0.25) is 6.79 Å². The van der Waals surface area contributed by atoms with Gasteiger partial charge in [0.25, 0.3) is 0 Å². The summed E-state index contributed by atoms with van der Waals surface area (Å²) in [6.07, 6.45) is 3.91. The number of aromatic nitrogens is 1. The van der Waals surface area contributed by atoms with Gasteiger partial charge in [0, 0.05) is 11.6 Å². The highest BCUT2D eigenvalue weighted by atomic mass is 16.7. The number of hydrogen-bond acceptors (Lipinski definition) is 3. The highest BCUT2D eigenvalue weighted by molar-refractivity contribution is 5.78. The number of para-hydroxylation sites is 1. The lowest BCUT2D eigenvalue weighted by atomic mass is 10.0. The van der Waals surface area contributed by atoms with E-state index in [-0.39, 0.29) is 0 Å². The Morgan fingerprint density at radius 1 is 0.857 bits per heavy atom. The predicted molar refractivity (Wildman–Crippen MR) is 81.7 cm³/mol. The quantitative estimate of drug-likeness (QED) is 0.730. The molecule has 104 valence electrons. The normalized spacial score (nSPS) is 12.8. The van der Waals surface area contributed by atoms with E-state index in [1.54, 1.807) is 0 Å². The monoisotopic (exact) mass is 277 g/mol. The lowest BCUT2D eigenvalue weighted by Crippen LogP contribution is -1.93. The van der Waals surface area contributed by atoms with Crippen LogP contribution in [0.5, 0.6) is 11.5 Å². The van der Waals surface area contributed by atoms with Gasteiger partial charge in [-0.05, 0) is 48.2 Å². The first kappa shape index (κ1) is 12.2. The summed E-state index contributed by atoms with van der Waals surface area (Å²) >= 11 is 0. The second-order valence-corrected chi connectivity index (χ2v) is 5.22. The first-order valence-corrected chi connectivity index (χ1v) is 7.11. The topological polar surface area (TPSA) is 31.4 Å². The molecule has 0 atom stereocenters. The third kappa shape index (κ3) is 2.42. The van der Waals surface area contributed by atoms with Crippen LogP contribution in [0.25, 0.3) is 10.9 Å². The van der Waals surface area contributed by atoms with Gasteiger partial charge in [-0.3, -0.25) is 4.98 Å². The molecule has 2 aromatic carbocycles. The summed E-state index contributed by atoms with van der Waals surface area (Å²) < 4.78 is 10.7. The van der Waals surface area contributed by atoms with Crippen LogP contribution >= 0.6 is 0 Å². The first-order valence-electron chi connectivity index (χ1n) is 7.11. The standard InChI is InChI=1S/C18H15NO2/c1-2-4-16-15(3-1)9-14(11-19-16)6-5-13-7-8-17-18(10-13)21-12-20-17/h1-4,7-11H,5-6,12H2. The minimum Gasteiger partial charge on any atom is -0.454 e. The fourth-order valence-corrected chi connectivity index (χ4v) is 2.64. The van der Waals surface area contributed by atoms with Gasteiger partial charge in [0.05, 0.1) is 5.52 Å². The fourth-order valence-electron chi connectivity index (χ4n) is 2.64. The zero-order valence-electron chi connectivity index (χ0n) is 11.6. The number of nitrogens with zero attached hydrogens (tertiary/aromatic N) is 1. The van der Waals surface area contributed by atoms with Gasteiger partial charge in [-0.15, -0.1) is 0 Å². The maximum atomic E-state index is 5.41. The number of aryl methyl sites for hydroxylation is 2. The van der Waals surface area contributed by atoms with E-state index in [4.69, 9.17) is 9.47 Å². The molecule has 3 aromatic rings. The zero-order chi connectivity index (χ0) is 14.1. The van der Waals surface area contributed by atoms with Crippen molar-refractivity contribution >= 4 is 10.9 Å². The SMILES string of the molecule is c1ccc2ncc(CCc3ccc4c(c3)OCO4)cc2c1. The van der Waals surface area contributed by atoms with Gasteiger partial charge in [-0.25, -0.2) is 0 Å². The minimum atomic E-state index is 0.327. The van der Waals surface area contributed by atoms with E-state index in [2.05, 4.69) is 29.2 Å². The lowest BCUT2D eigenvalue weighted by Gasteiger charge is -2.05. The Bertz CT molecular complexity index is 798. The lowest BCUT2D eigenvalue weighted by molar-refractivity contribution is 0.174. The third-order valence-corrected chi connectivity index (χ3v) is 3.79. The molecule has 3 heteroatoms. The molecule has 0 radical (unpaired) electrons. The van der Waals surface area contributed by atoms with Crippen molar-refractivity contribution < 1.29 is 9.47 Å². The van der Waals surface area contributed by atoms with Crippen LogP contribution in [0.2, 0.25) is 0 Å². The number of benzene rings is 2. The molecule has 0 unspecified atom stereocenters. The molecule has 1 aromatic heterocycles. The molecule has 0 bridgehead atoms. The molecular weight excluding hydrogens is 262 g/mol. The van der Waals surface area contributed by atoms with Crippen molar-refractivity contribution in [2.24, 2.45) is 0 Å². The van der Waals surface area contributed by atoms with Crippen molar-refractivity contribution in [2.45, 2.75) is 12.8 Å². The molecule has 1 aliphatic rings. The molecule has 0 aliphatic carbocycles. The average Bonchev–Trinajstić information content (AvgIpc) is 3.00. The third-order valence-electron chi connectivity index (χ3n) is 3.79. The van der Waals surface area contributed by atoms with Gasteiger partial charge >= 0.3 is 0 Å². The van der Waals surface area contributed by atoms with Crippen LogP contribution in [-0.4, -0.2) is 11.8 Å². The van der Waals surface area contributed by atoms with E-state index < -0.39 is 0 Å². The summed E-state index contributed by atoms with van der Waals surface area (Å²) in [4.78, 5) is 4.51. The molecule has 0 spiro atoms. The maximum absolute atomic E-state index is 5.41. The van der Waals surface area contributed by atoms with Crippen LogP contribution in [0.3, 0.4) is 0 Å². The van der Waals surface area contributed by atoms with Gasteiger partial charge in [-0.2, -0.15) is 0 Å². The average molecular weight is 277 g/mol. The molecule has 0 fully saturated rings. The van der Waals surface area contributed by atoms with E-state index >= 15 is 0 Å². The number of hydrogen-bond donors (Lipinski definition) is 0. The van der Waals surface area contributed by atoms with Crippen molar-refractivity contribution in [3.8, 4) is 11.5 Å². The van der Waals surface area contributed by atoms with Crippen molar-refractivity contribution in [1.82, 2.24) is 4.98 Å². The first-order chi connectivity index (χ1) is 10.4. The van der Waals surface area contributed by atoms with Crippen molar-refractivity contribution in [1.29, 1.82) is 0 Å². The van der Waals surface area contributed by atoms with Crippen LogP contribution in [0.15, 0.2) is 54.7 Å². The number of fused-ring (bicyclic) bond motifs is 2. The molecule has 0 amide bonds. The Labute approximate surface area is 123 Å². The Hall–Kier alpha value is -2.55. The number of ether oxygens (including phenoxy) is 2. The highest BCUT2D eigenvalue weighted by Gasteiger charge is 2.13. The zero-order valence-corrected chi connectivity index (χ0v) is 11.6. The Morgan fingerprint density at radius 2 is 1.71 bits per heavy atom. The van der Waals surface area contributed by atoms with Gasteiger partial charge in [0.1, 0.15) is 0 Å². The summed E-state index contributed by atoms with van der Waals surface area (Å²) in [5.74, 6) is 1.69. The predicted octanol–water partition coefficient (Wildman–Crippen LogP) is 3.75. The van der Waals surface area contributed by atoms with E-state index in [0.29, 0.717) is 6.79 Å². The minimum absolute atomic E-state index is 0.327. The second-order valence-electron chi connectivity index (χ2n) is 5.22. The molecule has 4 rings (SSSR count). The Morgan fingerprint density at radius 3 is 2.71 bits per heavy atom. The summed E-state index contributed by atoms with van der Waals surface area (Å²) in [6, 6.07) is 16.6. The number of rotatable bonds is 3. The number of pyridine rings is 1. The van der Waals surface area contributed by atoms with Crippen molar-refractivity contribution in [2.75, 3.05) is 6.79 Å². The largest absolute Gasteiger partial charge is 0.454 e. The van der Waals surface area contributed by atoms with Crippen LogP contribution in [0.4, 0.5) is 0 Å². The van der Waals surface area contributed by atoms with Crippen LogP contribution in [0, 0.1) is 0 Å². The molecular formula is C18H15NO2. The van der Waals surface area contributed by atoms with Crippen LogP contribution in [-0.2, 0) is 12.8 Å². The smallest absolute Gasteiger partial charge is 0.231 e. The summed E-state index contributed by atoms with van der Waals surface area (Å²) in [7, 11) is 0. The van der Waals surface area contributed by atoms with Gasteiger partial charge in [-0.1, -0.05) is 24.3 Å². The maximum Gasteiger partial charge on any atom is 0.231 e.